The number of hydrogen-bond acceptors (Lipinski definition) is 2. The van der Waals surface area contributed by atoms with Crippen molar-refractivity contribution >= 4 is 15.9 Å². The largest absolute Gasteiger partial charge is 0.497 e. The fourth-order valence-corrected chi connectivity index (χ4v) is 1.61. The molecule has 0 saturated heterocycles. The van der Waals surface area contributed by atoms with Crippen LogP contribution in [0.1, 0.15) is 12.0 Å². The van der Waals surface area contributed by atoms with Gasteiger partial charge in [-0.15, -0.1) is 0 Å². The summed E-state index contributed by atoms with van der Waals surface area (Å²) in [4.78, 5) is 0. The number of hydrogen-bond donors (Lipinski definition) is 0. The van der Waals surface area contributed by atoms with Gasteiger partial charge in [-0.2, -0.15) is 0 Å². The van der Waals surface area contributed by atoms with Gasteiger partial charge in [-0.1, -0.05) is 15.9 Å². The van der Waals surface area contributed by atoms with Crippen LogP contribution in [-0.4, -0.2) is 19.5 Å². The molecule has 2 nitrogen and oxygen atoms in total. The minimum absolute atomic E-state index is 0.885. The van der Waals surface area contributed by atoms with Crippen molar-refractivity contribution in [1.82, 2.24) is 0 Å². The summed E-state index contributed by atoms with van der Waals surface area (Å²) in [7, 11) is 3.37. The predicted octanol–water partition coefficient (Wildman–Crippen LogP) is 3.03. The SMILES string of the molecule is COc1ccc(OC)c(CCCBr)c1. The van der Waals surface area contributed by atoms with Crippen molar-refractivity contribution in [2.75, 3.05) is 19.5 Å². The van der Waals surface area contributed by atoms with Crippen molar-refractivity contribution in [2.45, 2.75) is 12.8 Å². The third-order valence-corrected chi connectivity index (χ3v) is 2.63. The van der Waals surface area contributed by atoms with Gasteiger partial charge in [-0.05, 0) is 36.6 Å². The maximum atomic E-state index is 5.27. The highest BCUT2D eigenvalue weighted by molar-refractivity contribution is 9.09. The van der Waals surface area contributed by atoms with Gasteiger partial charge >= 0.3 is 0 Å². The molecule has 0 saturated carbocycles. The fraction of sp³-hybridized carbons (Fsp3) is 0.455. The van der Waals surface area contributed by atoms with Gasteiger partial charge in [0, 0.05) is 5.33 Å². The number of ether oxygens (including phenoxy) is 2. The molecule has 0 atom stereocenters. The first-order valence-corrected chi connectivity index (χ1v) is 5.71. The van der Waals surface area contributed by atoms with Crippen LogP contribution in [0, 0.1) is 0 Å². The van der Waals surface area contributed by atoms with Crippen LogP contribution in [-0.2, 0) is 6.42 Å². The molecule has 0 aliphatic rings. The minimum atomic E-state index is 0.885. The third-order valence-electron chi connectivity index (χ3n) is 2.07. The van der Waals surface area contributed by atoms with Gasteiger partial charge < -0.3 is 9.47 Å². The summed E-state index contributed by atoms with van der Waals surface area (Å²) in [6, 6.07) is 5.89. The Morgan fingerprint density at radius 3 is 2.57 bits per heavy atom. The molecule has 78 valence electrons. The van der Waals surface area contributed by atoms with Crippen molar-refractivity contribution in [1.29, 1.82) is 0 Å². The molecule has 3 heteroatoms. The summed E-state index contributed by atoms with van der Waals surface area (Å²) < 4.78 is 10.4. The summed E-state index contributed by atoms with van der Waals surface area (Å²) in [5, 5.41) is 1.01. The molecule has 0 bridgehead atoms. The average Bonchev–Trinajstić information content (AvgIpc) is 2.25. The molecule has 0 radical (unpaired) electrons. The molecule has 0 aliphatic heterocycles. The van der Waals surface area contributed by atoms with E-state index in [2.05, 4.69) is 15.9 Å². The molecule has 0 spiro atoms. The molecule has 0 aliphatic carbocycles. The van der Waals surface area contributed by atoms with E-state index in [1.807, 2.05) is 18.2 Å². The first-order chi connectivity index (χ1) is 6.81. The summed E-state index contributed by atoms with van der Waals surface area (Å²) in [5.74, 6) is 1.82. The summed E-state index contributed by atoms with van der Waals surface area (Å²) in [6.45, 7) is 0. The molecule has 14 heavy (non-hydrogen) atoms. The van der Waals surface area contributed by atoms with Gasteiger partial charge in [0.2, 0.25) is 0 Å². The van der Waals surface area contributed by atoms with E-state index in [9.17, 15) is 0 Å². The minimum Gasteiger partial charge on any atom is -0.497 e. The van der Waals surface area contributed by atoms with E-state index in [0.29, 0.717) is 0 Å². The van der Waals surface area contributed by atoms with Gasteiger partial charge in [-0.25, -0.2) is 0 Å². The van der Waals surface area contributed by atoms with Crippen LogP contribution in [0.4, 0.5) is 0 Å². The number of methoxy groups -OCH3 is 2. The van der Waals surface area contributed by atoms with E-state index in [0.717, 1.165) is 29.7 Å². The highest BCUT2D eigenvalue weighted by Crippen LogP contribution is 2.25. The zero-order chi connectivity index (χ0) is 10.4. The molecule has 1 aromatic carbocycles. The summed E-state index contributed by atoms with van der Waals surface area (Å²) >= 11 is 3.42. The Balaban J connectivity index is 2.84. The molecule has 0 fully saturated rings. The average molecular weight is 259 g/mol. The maximum absolute atomic E-state index is 5.27. The van der Waals surface area contributed by atoms with E-state index in [1.165, 1.54) is 5.56 Å². The Hall–Kier alpha value is -0.700. The lowest BCUT2D eigenvalue weighted by Gasteiger charge is -2.09. The van der Waals surface area contributed by atoms with Crippen LogP contribution >= 0.6 is 15.9 Å². The Bertz CT molecular complexity index is 287. The van der Waals surface area contributed by atoms with Crippen molar-refractivity contribution in [2.24, 2.45) is 0 Å². The van der Waals surface area contributed by atoms with Crippen LogP contribution in [0.3, 0.4) is 0 Å². The van der Waals surface area contributed by atoms with Gasteiger partial charge in [-0.3, -0.25) is 0 Å². The van der Waals surface area contributed by atoms with Crippen molar-refractivity contribution in [3.05, 3.63) is 23.8 Å². The van der Waals surface area contributed by atoms with E-state index < -0.39 is 0 Å². The Morgan fingerprint density at radius 2 is 2.00 bits per heavy atom. The Morgan fingerprint density at radius 1 is 1.21 bits per heavy atom. The second-order valence-electron chi connectivity index (χ2n) is 2.97. The molecule has 0 unspecified atom stereocenters. The quantitative estimate of drug-likeness (QED) is 0.757. The van der Waals surface area contributed by atoms with E-state index in [-0.39, 0.29) is 0 Å². The summed E-state index contributed by atoms with van der Waals surface area (Å²) in [6.07, 6.45) is 2.11. The smallest absolute Gasteiger partial charge is 0.122 e. The van der Waals surface area contributed by atoms with Crippen LogP contribution in [0.5, 0.6) is 11.5 Å². The van der Waals surface area contributed by atoms with Crippen molar-refractivity contribution in [3.8, 4) is 11.5 Å². The number of halogens is 1. The molecule has 0 aromatic heterocycles. The van der Waals surface area contributed by atoms with E-state index in [1.54, 1.807) is 14.2 Å². The zero-order valence-electron chi connectivity index (χ0n) is 8.55. The number of alkyl halides is 1. The van der Waals surface area contributed by atoms with Crippen LogP contribution < -0.4 is 9.47 Å². The van der Waals surface area contributed by atoms with Crippen molar-refractivity contribution < 1.29 is 9.47 Å². The highest BCUT2D eigenvalue weighted by atomic mass is 79.9. The maximum Gasteiger partial charge on any atom is 0.122 e. The lowest BCUT2D eigenvalue weighted by Crippen LogP contribution is -1.94. The lowest BCUT2D eigenvalue weighted by atomic mass is 10.1. The first-order valence-electron chi connectivity index (χ1n) is 4.58. The van der Waals surface area contributed by atoms with Crippen LogP contribution in [0.2, 0.25) is 0 Å². The third kappa shape index (κ3) is 2.91. The molecule has 1 rings (SSSR count). The molecular weight excluding hydrogens is 244 g/mol. The number of rotatable bonds is 5. The second-order valence-corrected chi connectivity index (χ2v) is 3.76. The molecule has 0 N–H and O–H groups in total. The second kappa shape index (κ2) is 5.91. The monoisotopic (exact) mass is 258 g/mol. The van der Waals surface area contributed by atoms with Crippen LogP contribution in [0.15, 0.2) is 18.2 Å². The number of aryl methyl sites for hydroxylation is 1. The van der Waals surface area contributed by atoms with Gasteiger partial charge in [0.05, 0.1) is 14.2 Å². The zero-order valence-corrected chi connectivity index (χ0v) is 10.1. The predicted molar refractivity (Wildman–Crippen MR) is 61.7 cm³/mol. The Labute approximate surface area is 93.4 Å². The van der Waals surface area contributed by atoms with Gasteiger partial charge in [0.25, 0.3) is 0 Å². The van der Waals surface area contributed by atoms with Crippen LogP contribution in [0.25, 0.3) is 0 Å². The summed E-state index contributed by atoms with van der Waals surface area (Å²) in [5.41, 5.74) is 1.20. The van der Waals surface area contributed by atoms with E-state index in [4.69, 9.17) is 9.47 Å². The standard InChI is InChI=1S/C11H15BrO2/c1-13-10-5-6-11(14-2)9(8-10)4-3-7-12/h5-6,8H,3-4,7H2,1-2H3. The molecular formula is C11H15BrO2. The molecule has 0 heterocycles. The first kappa shape index (κ1) is 11.4. The molecule has 1 aromatic rings. The lowest BCUT2D eigenvalue weighted by molar-refractivity contribution is 0.398. The van der Waals surface area contributed by atoms with Crippen molar-refractivity contribution in [3.63, 3.8) is 0 Å². The normalized spacial score (nSPS) is 9.93. The van der Waals surface area contributed by atoms with Gasteiger partial charge in [0.15, 0.2) is 0 Å². The van der Waals surface area contributed by atoms with Gasteiger partial charge in [0.1, 0.15) is 11.5 Å². The fourth-order valence-electron chi connectivity index (χ4n) is 1.33. The number of benzene rings is 1. The highest BCUT2D eigenvalue weighted by Gasteiger charge is 2.03. The topological polar surface area (TPSA) is 18.5 Å². The Kier molecular flexibility index (Phi) is 4.80. The molecule has 0 amide bonds. The van der Waals surface area contributed by atoms with E-state index >= 15 is 0 Å².